The number of carboxylic acid groups (broad SMARTS) is 1. The summed E-state index contributed by atoms with van der Waals surface area (Å²) in [4.78, 5) is 23.5. The van der Waals surface area contributed by atoms with Crippen LogP contribution in [0.25, 0.3) is 11.1 Å². The van der Waals surface area contributed by atoms with Gasteiger partial charge in [0.05, 0.1) is 5.56 Å². The third-order valence-corrected chi connectivity index (χ3v) is 4.10. The van der Waals surface area contributed by atoms with Gasteiger partial charge in [0.15, 0.2) is 0 Å². The fraction of sp³-hybridized carbons (Fsp3) is 0.0909. The number of benzene rings is 3. The SMILES string of the molecule is O=C(NCc1ccccc1-c1ccccc1C(=O)O)OCc1ccccc1. The third kappa shape index (κ3) is 4.73. The van der Waals surface area contributed by atoms with E-state index >= 15 is 0 Å². The van der Waals surface area contributed by atoms with Crippen LogP contribution in [-0.2, 0) is 17.9 Å². The van der Waals surface area contributed by atoms with Crippen LogP contribution < -0.4 is 5.32 Å². The molecule has 0 unspecified atom stereocenters. The monoisotopic (exact) mass is 361 g/mol. The van der Waals surface area contributed by atoms with Crippen LogP contribution in [0.2, 0.25) is 0 Å². The van der Waals surface area contributed by atoms with Crippen molar-refractivity contribution in [1.29, 1.82) is 0 Å². The van der Waals surface area contributed by atoms with E-state index in [-0.39, 0.29) is 18.7 Å². The molecule has 27 heavy (non-hydrogen) atoms. The number of rotatable bonds is 6. The minimum Gasteiger partial charge on any atom is -0.478 e. The van der Waals surface area contributed by atoms with Crippen LogP contribution in [0.3, 0.4) is 0 Å². The van der Waals surface area contributed by atoms with Gasteiger partial charge in [-0.25, -0.2) is 9.59 Å². The minimum atomic E-state index is -0.990. The fourth-order valence-corrected chi connectivity index (χ4v) is 2.78. The number of nitrogens with one attached hydrogen (secondary N) is 1. The zero-order valence-electron chi connectivity index (χ0n) is 14.6. The largest absolute Gasteiger partial charge is 0.478 e. The molecule has 0 atom stereocenters. The summed E-state index contributed by atoms with van der Waals surface area (Å²) in [7, 11) is 0. The number of ether oxygens (including phenoxy) is 1. The standard InChI is InChI=1S/C22H19NO4/c24-21(25)20-13-7-6-12-19(20)18-11-5-4-10-17(18)14-23-22(26)27-15-16-8-2-1-3-9-16/h1-13H,14-15H2,(H,23,26)(H,24,25). The fourth-order valence-electron chi connectivity index (χ4n) is 2.78. The highest BCUT2D eigenvalue weighted by Crippen LogP contribution is 2.27. The molecule has 3 rings (SSSR count). The van der Waals surface area contributed by atoms with Gasteiger partial charge in [-0.15, -0.1) is 0 Å². The summed E-state index contributed by atoms with van der Waals surface area (Å²) in [5.41, 5.74) is 3.31. The highest BCUT2D eigenvalue weighted by Gasteiger charge is 2.14. The quantitative estimate of drug-likeness (QED) is 0.679. The van der Waals surface area contributed by atoms with Gasteiger partial charge in [0.2, 0.25) is 0 Å². The number of aromatic carboxylic acids is 1. The summed E-state index contributed by atoms with van der Waals surface area (Å²) in [6, 6.07) is 23.6. The second-order valence-electron chi connectivity index (χ2n) is 5.92. The Balaban J connectivity index is 1.70. The molecule has 0 radical (unpaired) electrons. The second kappa shape index (κ2) is 8.67. The maximum atomic E-state index is 12.0. The Morgan fingerprint density at radius 1 is 0.815 bits per heavy atom. The van der Waals surface area contributed by atoms with Gasteiger partial charge in [-0.2, -0.15) is 0 Å². The maximum absolute atomic E-state index is 12.0. The highest BCUT2D eigenvalue weighted by atomic mass is 16.5. The predicted octanol–water partition coefficient (Wildman–Crippen LogP) is 4.48. The first kappa shape index (κ1) is 18.2. The Kier molecular flexibility index (Phi) is 5.84. The lowest BCUT2D eigenvalue weighted by Gasteiger charge is -2.13. The van der Waals surface area contributed by atoms with Crippen LogP contribution in [0, 0.1) is 0 Å². The van der Waals surface area contributed by atoms with Crippen molar-refractivity contribution >= 4 is 12.1 Å². The first-order valence-corrected chi connectivity index (χ1v) is 8.50. The van der Waals surface area contributed by atoms with Crippen molar-refractivity contribution in [3.63, 3.8) is 0 Å². The predicted molar refractivity (Wildman–Crippen MR) is 102 cm³/mol. The third-order valence-electron chi connectivity index (χ3n) is 4.10. The van der Waals surface area contributed by atoms with Crippen molar-refractivity contribution in [1.82, 2.24) is 5.32 Å². The molecular weight excluding hydrogens is 342 g/mol. The zero-order chi connectivity index (χ0) is 19.1. The molecule has 0 aliphatic heterocycles. The number of hydrogen-bond acceptors (Lipinski definition) is 3. The maximum Gasteiger partial charge on any atom is 0.407 e. The van der Waals surface area contributed by atoms with E-state index < -0.39 is 12.1 Å². The van der Waals surface area contributed by atoms with Gasteiger partial charge < -0.3 is 15.2 Å². The van der Waals surface area contributed by atoms with Crippen LogP contribution in [0.15, 0.2) is 78.9 Å². The highest BCUT2D eigenvalue weighted by molar-refractivity contribution is 5.96. The van der Waals surface area contributed by atoms with Crippen molar-refractivity contribution in [2.75, 3.05) is 0 Å². The average molecular weight is 361 g/mol. The van der Waals surface area contributed by atoms with Crippen molar-refractivity contribution < 1.29 is 19.4 Å². The van der Waals surface area contributed by atoms with E-state index in [0.29, 0.717) is 5.56 Å². The second-order valence-corrected chi connectivity index (χ2v) is 5.92. The molecule has 3 aromatic carbocycles. The molecule has 2 N–H and O–H groups in total. The summed E-state index contributed by atoms with van der Waals surface area (Å²) in [5, 5.41) is 12.1. The lowest BCUT2D eigenvalue weighted by Crippen LogP contribution is -2.24. The van der Waals surface area contributed by atoms with Crippen LogP contribution in [-0.4, -0.2) is 17.2 Å². The number of carboxylic acids is 1. The molecule has 1 amide bonds. The number of carbonyl (C=O) groups is 2. The molecule has 0 heterocycles. The number of amides is 1. The molecule has 0 bridgehead atoms. The van der Waals surface area contributed by atoms with Gasteiger partial charge in [0.1, 0.15) is 6.61 Å². The van der Waals surface area contributed by atoms with Crippen molar-refractivity contribution in [3.8, 4) is 11.1 Å². The summed E-state index contributed by atoms with van der Waals surface area (Å²) >= 11 is 0. The van der Waals surface area contributed by atoms with Crippen LogP contribution in [0.4, 0.5) is 4.79 Å². The summed E-state index contributed by atoms with van der Waals surface area (Å²) in [6.07, 6.45) is -0.528. The van der Waals surface area contributed by atoms with E-state index in [1.807, 2.05) is 54.6 Å². The minimum absolute atomic E-state index is 0.191. The van der Waals surface area contributed by atoms with Crippen LogP contribution >= 0.6 is 0 Å². The molecule has 136 valence electrons. The molecule has 0 aliphatic carbocycles. The van der Waals surface area contributed by atoms with E-state index in [0.717, 1.165) is 16.7 Å². The van der Waals surface area contributed by atoms with E-state index in [1.165, 1.54) is 0 Å². The first-order chi connectivity index (χ1) is 13.1. The molecule has 0 saturated carbocycles. The molecule has 5 heteroatoms. The normalized spacial score (nSPS) is 10.2. The molecule has 3 aromatic rings. The lowest BCUT2D eigenvalue weighted by atomic mass is 9.95. The Morgan fingerprint density at radius 3 is 2.19 bits per heavy atom. The topological polar surface area (TPSA) is 75.6 Å². The molecule has 0 fully saturated rings. The van der Waals surface area contributed by atoms with Gasteiger partial charge in [0, 0.05) is 6.54 Å². The number of alkyl carbamates (subject to hydrolysis) is 1. The summed E-state index contributed by atoms with van der Waals surface area (Å²) in [6.45, 7) is 0.425. The Morgan fingerprint density at radius 2 is 1.44 bits per heavy atom. The molecule has 0 aliphatic rings. The first-order valence-electron chi connectivity index (χ1n) is 8.50. The zero-order valence-corrected chi connectivity index (χ0v) is 14.6. The molecule has 5 nitrogen and oxygen atoms in total. The van der Waals surface area contributed by atoms with Crippen molar-refractivity contribution in [2.45, 2.75) is 13.2 Å². The van der Waals surface area contributed by atoms with E-state index in [2.05, 4.69) is 5.32 Å². The molecule has 0 saturated heterocycles. The van der Waals surface area contributed by atoms with Gasteiger partial charge in [-0.1, -0.05) is 72.8 Å². The van der Waals surface area contributed by atoms with Crippen LogP contribution in [0.1, 0.15) is 21.5 Å². The van der Waals surface area contributed by atoms with E-state index in [4.69, 9.17) is 4.74 Å². The molecule has 0 spiro atoms. The molecule has 0 aromatic heterocycles. The van der Waals surface area contributed by atoms with E-state index in [1.54, 1.807) is 24.3 Å². The van der Waals surface area contributed by atoms with Crippen molar-refractivity contribution in [2.24, 2.45) is 0 Å². The number of carbonyl (C=O) groups excluding carboxylic acids is 1. The smallest absolute Gasteiger partial charge is 0.407 e. The lowest BCUT2D eigenvalue weighted by molar-refractivity contribution is 0.0697. The Hall–Kier alpha value is -3.60. The van der Waals surface area contributed by atoms with Gasteiger partial charge in [0.25, 0.3) is 0 Å². The summed E-state index contributed by atoms with van der Waals surface area (Å²) < 4.78 is 5.21. The average Bonchev–Trinajstić information content (AvgIpc) is 2.71. The van der Waals surface area contributed by atoms with Gasteiger partial charge >= 0.3 is 12.1 Å². The summed E-state index contributed by atoms with van der Waals surface area (Å²) in [5.74, 6) is -0.990. The Bertz CT molecular complexity index is 938. The van der Waals surface area contributed by atoms with Crippen LogP contribution in [0.5, 0.6) is 0 Å². The van der Waals surface area contributed by atoms with Gasteiger partial charge in [-0.3, -0.25) is 0 Å². The molecular formula is C22H19NO4. The van der Waals surface area contributed by atoms with E-state index in [9.17, 15) is 14.7 Å². The Labute approximate surface area is 157 Å². The van der Waals surface area contributed by atoms with Gasteiger partial charge in [-0.05, 0) is 28.3 Å². The van der Waals surface area contributed by atoms with Crippen molar-refractivity contribution in [3.05, 3.63) is 95.6 Å². The number of hydrogen-bond donors (Lipinski definition) is 2.